The molecule has 0 unspecified atom stereocenters. The van der Waals surface area contributed by atoms with Gasteiger partial charge in [-0.3, -0.25) is 9.59 Å². The summed E-state index contributed by atoms with van der Waals surface area (Å²) in [6.07, 6.45) is 0.646. The van der Waals surface area contributed by atoms with Crippen molar-refractivity contribution in [2.24, 2.45) is 0 Å². The highest BCUT2D eigenvalue weighted by Gasteiger charge is 2.31. The summed E-state index contributed by atoms with van der Waals surface area (Å²) in [7, 11) is 1.58. The lowest BCUT2D eigenvalue weighted by Crippen LogP contribution is -2.25. The predicted octanol–water partition coefficient (Wildman–Crippen LogP) is 0.695. The number of rotatable bonds is 2. The predicted molar refractivity (Wildman–Crippen MR) is 57.1 cm³/mol. The van der Waals surface area contributed by atoms with Gasteiger partial charge in [-0.2, -0.15) is 0 Å². The number of nitrogens with one attached hydrogen (secondary N) is 1. The minimum Gasteiger partial charge on any atom is -0.319 e. The molecule has 0 aromatic carbocycles. The summed E-state index contributed by atoms with van der Waals surface area (Å²) in [6.45, 7) is 0. The van der Waals surface area contributed by atoms with E-state index < -0.39 is 0 Å². The third kappa shape index (κ3) is 1.44. The Morgan fingerprint density at radius 2 is 2.43 bits per heavy atom. The van der Waals surface area contributed by atoms with Gasteiger partial charge in [-0.05, 0) is 5.41 Å². The minimum atomic E-state index is -0.198. The van der Waals surface area contributed by atoms with E-state index in [9.17, 15) is 9.59 Å². The Labute approximate surface area is 89.8 Å². The molecule has 0 aliphatic carbocycles. The highest BCUT2D eigenvalue weighted by atomic mass is 32.2. The maximum absolute atomic E-state index is 11.5. The SMILES string of the molecule is CN(C=O)C1=C2SCSC=C2NC1=O. The van der Waals surface area contributed by atoms with Gasteiger partial charge in [0.25, 0.3) is 5.91 Å². The van der Waals surface area contributed by atoms with Crippen LogP contribution in [0.4, 0.5) is 0 Å². The van der Waals surface area contributed by atoms with E-state index in [1.807, 2.05) is 5.41 Å². The Bertz CT molecular complexity index is 362. The van der Waals surface area contributed by atoms with E-state index in [0.29, 0.717) is 12.1 Å². The highest BCUT2D eigenvalue weighted by Crippen LogP contribution is 2.39. The van der Waals surface area contributed by atoms with Gasteiger partial charge in [0.15, 0.2) is 0 Å². The molecule has 14 heavy (non-hydrogen) atoms. The van der Waals surface area contributed by atoms with Crippen LogP contribution in [0.1, 0.15) is 0 Å². The van der Waals surface area contributed by atoms with Crippen molar-refractivity contribution in [3.63, 3.8) is 0 Å². The van der Waals surface area contributed by atoms with Gasteiger partial charge in [-0.25, -0.2) is 0 Å². The topological polar surface area (TPSA) is 49.4 Å². The lowest BCUT2D eigenvalue weighted by atomic mass is 10.4. The van der Waals surface area contributed by atoms with Crippen molar-refractivity contribution in [3.8, 4) is 0 Å². The average molecular weight is 228 g/mol. The molecule has 2 amide bonds. The van der Waals surface area contributed by atoms with Gasteiger partial charge in [0.2, 0.25) is 6.41 Å². The first-order valence-electron chi connectivity index (χ1n) is 3.92. The van der Waals surface area contributed by atoms with Crippen LogP contribution in [0.2, 0.25) is 0 Å². The van der Waals surface area contributed by atoms with Crippen LogP contribution in [0.5, 0.6) is 0 Å². The zero-order valence-corrected chi connectivity index (χ0v) is 9.08. The molecule has 6 heteroatoms. The van der Waals surface area contributed by atoms with Crippen LogP contribution in [0.15, 0.2) is 21.7 Å². The first-order chi connectivity index (χ1) is 6.74. The van der Waals surface area contributed by atoms with Crippen molar-refractivity contribution < 1.29 is 9.59 Å². The molecule has 0 aromatic rings. The third-order valence-electron chi connectivity index (χ3n) is 1.91. The Hall–Kier alpha value is -0.880. The number of carbonyl (C=O) groups is 2. The Balaban J connectivity index is 2.44. The highest BCUT2D eigenvalue weighted by molar-refractivity contribution is 8.19. The third-order valence-corrected chi connectivity index (χ3v) is 4.03. The van der Waals surface area contributed by atoms with Gasteiger partial charge in [0, 0.05) is 12.1 Å². The lowest BCUT2D eigenvalue weighted by molar-refractivity contribution is -0.122. The molecule has 0 saturated carbocycles. The Kier molecular flexibility index (Phi) is 2.56. The van der Waals surface area contributed by atoms with E-state index in [1.54, 1.807) is 30.6 Å². The summed E-state index contributed by atoms with van der Waals surface area (Å²) in [5.41, 5.74) is 1.27. The van der Waals surface area contributed by atoms with Gasteiger partial charge in [-0.15, -0.1) is 23.5 Å². The summed E-state index contributed by atoms with van der Waals surface area (Å²) in [5, 5.41) is 5.52. The van der Waals surface area contributed by atoms with Crippen LogP contribution >= 0.6 is 23.5 Å². The lowest BCUT2D eigenvalue weighted by Gasteiger charge is -2.13. The molecule has 2 rings (SSSR count). The van der Waals surface area contributed by atoms with E-state index in [4.69, 9.17) is 0 Å². The van der Waals surface area contributed by atoms with E-state index >= 15 is 0 Å². The number of hydrogen-bond acceptors (Lipinski definition) is 4. The van der Waals surface area contributed by atoms with Crippen molar-refractivity contribution in [3.05, 3.63) is 21.7 Å². The van der Waals surface area contributed by atoms with Crippen LogP contribution in [-0.2, 0) is 9.59 Å². The largest absolute Gasteiger partial charge is 0.319 e. The zero-order valence-electron chi connectivity index (χ0n) is 7.44. The van der Waals surface area contributed by atoms with Crippen molar-refractivity contribution >= 4 is 35.8 Å². The number of carbonyl (C=O) groups excluding carboxylic acids is 2. The van der Waals surface area contributed by atoms with Gasteiger partial charge in [-0.1, -0.05) is 0 Å². The number of likely N-dealkylation sites (N-methyl/N-ethyl adjacent to an activating group) is 1. The fourth-order valence-corrected chi connectivity index (χ4v) is 3.35. The molecular weight excluding hydrogens is 220 g/mol. The van der Waals surface area contributed by atoms with E-state index in [-0.39, 0.29) is 5.91 Å². The minimum absolute atomic E-state index is 0.198. The van der Waals surface area contributed by atoms with Gasteiger partial charge < -0.3 is 10.2 Å². The van der Waals surface area contributed by atoms with Crippen LogP contribution in [0.3, 0.4) is 0 Å². The standard InChI is InChI=1S/C8H8N2O2S2/c1-10(3-11)6-7-5(9-8(6)12)2-13-4-14-7/h2-3H,4H2,1H3,(H,9,12). The number of fused-ring (bicyclic) bond motifs is 1. The zero-order chi connectivity index (χ0) is 10.1. The summed E-state index contributed by atoms with van der Waals surface area (Å²) in [6, 6.07) is 0. The van der Waals surface area contributed by atoms with Gasteiger partial charge >= 0.3 is 0 Å². The van der Waals surface area contributed by atoms with E-state index in [0.717, 1.165) is 15.7 Å². The van der Waals surface area contributed by atoms with Crippen LogP contribution < -0.4 is 5.32 Å². The molecule has 0 spiro atoms. The van der Waals surface area contributed by atoms with E-state index in [2.05, 4.69) is 5.32 Å². The molecule has 2 aliphatic heterocycles. The summed E-state index contributed by atoms with van der Waals surface area (Å²) >= 11 is 3.22. The molecule has 0 bridgehead atoms. The monoisotopic (exact) mass is 228 g/mol. The molecule has 0 saturated heterocycles. The van der Waals surface area contributed by atoms with Crippen molar-refractivity contribution in [2.75, 3.05) is 12.1 Å². The second-order valence-corrected chi connectivity index (χ2v) is 5.02. The smallest absolute Gasteiger partial charge is 0.273 e. The quantitative estimate of drug-likeness (QED) is 0.707. The maximum atomic E-state index is 11.5. The number of thioether (sulfide) groups is 2. The molecule has 2 aliphatic rings. The fourth-order valence-electron chi connectivity index (χ4n) is 1.28. The first kappa shape index (κ1) is 9.67. The van der Waals surface area contributed by atoms with Gasteiger partial charge in [0.05, 0.1) is 10.6 Å². The molecule has 4 nitrogen and oxygen atoms in total. The molecule has 0 aromatic heterocycles. The second-order valence-electron chi connectivity index (χ2n) is 2.81. The first-order valence-corrected chi connectivity index (χ1v) is 5.96. The van der Waals surface area contributed by atoms with Crippen LogP contribution in [0.25, 0.3) is 0 Å². The van der Waals surface area contributed by atoms with Gasteiger partial charge in [0.1, 0.15) is 5.70 Å². The second kappa shape index (κ2) is 3.70. The van der Waals surface area contributed by atoms with Crippen molar-refractivity contribution in [1.29, 1.82) is 0 Å². The molecule has 0 atom stereocenters. The van der Waals surface area contributed by atoms with Crippen LogP contribution in [0, 0.1) is 0 Å². The molecule has 0 fully saturated rings. The van der Waals surface area contributed by atoms with Crippen LogP contribution in [-0.4, -0.2) is 29.3 Å². The number of nitrogens with zero attached hydrogens (tertiary/aromatic N) is 1. The number of amides is 2. The molecule has 0 radical (unpaired) electrons. The normalized spacial score (nSPS) is 20.1. The molecule has 2 heterocycles. The number of hydrogen-bond donors (Lipinski definition) is 1. The summed E-state index contributed by atoms with van der Waals surface area (Å²) in [4.78, 5) is 24.3. The molecule has 1 N–H and O–H groups in total. The average Bonchev–Trinajstić information content (AvgIpc) is 2.53. The molecular formula is C8H8N2O2S2. The Morgan fingerprint density at radius 3 is 3.14 bits per heavy atom. The Morgan fingerprint density at radius 1 is 1.64 bits per heavy atom. The summed E-state index contributed by atoms with van der Waals surface area (Å²) < 4.78 is 0. The van der Waals surface area contributed by atoms with Crippen molar-refractivity contribution in [1.82, 2.24) is 10.2 Å². The maximum Gasteiger partial charge on any atom is 0.273 e. The fraction of sp³-hybridized carbons (Fsp3) is 0.250. The molecule has 74 valence electrons. The van der Waals surface area contributed by atoms with E-state index in [1.165, 1.54) is 4.90 Å². The van der Waals surface area contributed by atoms with Crippen molar-refractivity contribution in [2.45, 2.75) is 0 Å². The summed E-state index contributed by atoms with van der Waals surface area (Å²) in [5.74, 6) is -0.198.